The van der Waals surface area contributed by atoms with Crippen LogP contribution in [0.2, 0.25) is 5.02 Å². The summed E-state index contributed by atoms with van der Waals surface area (Å²) in [5.74, 6) is -0.510. The van der Waals surface area contributed by atoms with Gasteiger partial charge in [-0.25, -0.2) is 9.59 Å². The van der Waals surface area contributed by atoms with E-state index in [0.717, 1.165) is 5.56 Å². The summed E-state index contributed by atoms with van der Waals surface area (Å²) in [4.78, 5) is 30.7. The van der Waals surface area contributed by atoms with Gasteiger partial charge in [0.1, 0.15) is 11.6 Å². The number of amides is 1. The van der Waals surface area contributed by atoms with Crippen LogP contribution in [-0.4, -0.2) is 47.2 Å². The lowest BCUT2D eigenvalue weighted by molar-refractivity contribution is -0.141. The van der Waals surface area contributed by atoms with Crippen molar-refractivity contribution < 1.29 is 19.1 Å². The van der Waals surface area contributed by atoms with Gasteiger partial charge in [0.15, 0.2) is 0 Å². The molecule has 0 unspecified atom stereocenters. The second-order valence-corrected chi connectivity index (χ2v) is 7.89. The molecule has 0 aliphatic carbocycles. The lowest BCUT2D eigenvalue weighted by atomic mass is 10.2. The number of rotatable bonds is 7. The van der Waals surface area contributed by atoms with E-state index in [9.17, 15) is 9.59 Å². The number of methoxy groups -OCH3 is 1. The summed E-state index contributed by atoms with van der Waals surface area (Å²) in [6.07, 6.45) is 2.77. The molecule has 1 N–H and O–H groups in total. The molecule has 156 valence electrons. The molecule has 2 aromatic rings. The molecule has 2 rings (SSSR count). The second kappa shape index (κ2) is 10.1. The zero-order valence-electron chi connectivity index (χ0n) is 17.0. The minimum absolute atomic E-state index is 0.0307. The molecular weight excluding hydrogens is 394 g/mol. The van der Waals surface area contributed by atoms with E-state index in [0.29, 0.717) is 10.7 Å². The predicted molar refractivity (Wildman–Crippen MR) is 112 cm³/mol. The van der Waals surface area contributed by atoms with E-state index >= 15 is 0 Å². The Labute approximate surface area is 176 Å². The van der Waals surface area contributed by atoms with E-state index in [1.165, 1.54) is 12.0 Å². The summed E-state index contributed by atoms with van der Waals surface area (Å²) in [5, 5.41) is 3.61. The molecule has 8 heteroatoms. The maximum atomic E-state index is 12.8. The molecule has 0 saturated heterocycles. The van der Waals surface area contributed by atoms with Gasteiger partial charge in [-0.3, -0.25) is 4.98 Å². The Morgan fingerprint density at radius 2 is 2.00 bits per heavy atom. The van der Waals surface area contributed by atoms with Crippen molar-refractivity contribution in [3.8, 4) is 0 Å². The van der Waals surface area contributed by atoms with Crippen LogP contribution in [0.4, 0.5) is 10.5 Å². The fourth-order valence-electron chi connectivity index (χ4n) is 2.56. The lowest BCUT2D eigenvalue weighted by Gasteiger charge is -2.30. The van der Waals surface area contributed by atoms with Crippen molar-refractivity contribution in [3.63, 3.8) is 0 Å². The molecule has 0 radical (unpaired) electrons. The Kier molecular flexibility index (Phi) is 7.84. The topological polar surface area (TPSA) is 80.8 Å². The first kappa shape index (κ1) is 22.5. The van der Waals surface area contributed by atoms with E-state index in [-0.39, 0.29) is 13.1 Å². The molecule has 7 nitrogen and oxygen atoms in total. The van der Waals surface area contributed by atoms with Crippen LogP contribution in [0, 0.1) is 0 Å². The number of hydrogen-bond acceptors (Lipinski definition) is 6. The summed E-state index contributed by atoms with van der Waals surface area (Å²) in [6, 6.07) is 9.78. The van der Waals surface area contributed by atoms with Gasteiger partial charge >= 0.3 is 12.1 Å². The predicted octanol–water partition coefficient (Wildman–Crippen LogP) is 4.13. The summed E-state index contributed by atoms with van der Waals surface area (Å²) < 4.78 is 10.4. The van der Waals surface area contributed by atoms with E-state index in [1.807, 2.05) is 6.07 Å². The third kappa shape index (κ3) is 7.62. The second-order valence-electron chi connectivity index (χ2n) is 7.45. The van der Waals surface area contributed by atoms with Crippen molar-refractivity contribution in [1.82, 2.24) is 9.88 Å². The Bertz CT molecular complexity index is 824. The van der Waals surface area contributed by atoms with Crippen molar-refractivity contribution in [2.24, 2.45) is 0 Å². The molecule has 1 amide bonds. The van der Waals surface area contributed by atoms with Crippen LogP contribution in [0.3, 0.4) is 0 Å². The molecule has 0 spiro atoms. The van der Waals surface area contributed by atoms with Gasteiger partial charge in [0.2, 0.25) is 0 Å². The van der Waals surface area contributed by atoms with E-state index in [1.54, 1.807) is 63.5 Å². The molecule has 1 aromatic heterocycles. The molecule has 0 aliphatic heterocycles. The van der Waals surface area contributed by atoms with E-state index in [4.69, 9.17) is 21.1 Å². The summed E-state index contributed by atoms with van der Waals surface area (Å²) in [5.41, 5.74) is 0.772. The van der Waals surface area contributed by atoms with Gasteiger partial charge in [-0.05, 0) is 50.6 Å². The van der Waals surface area contributed by atoms with Crippen LogP contribution in [0.15, 0.2) is 48.8 Å². The normalized spacial score (nSPS) is 12.0. The molecule has 1 aromatic carbocycles. The van der Waals surface area contributed by atoms with Crippen molar-refractivity contribution in [1.29, 1.82) is 0 Å². The number of carbonyl (C=O) groups excluding carboxylic acids is 2. The maximum absolute atomic E-state index is 12.8. The Hall–Kier alpha value is -2.80. The number of nitrogens with one attached hydrogen (secondary N) is 1. The highest BCUT2D eigenvalue weighted by atomic mass is 35.5. The molecule has 29 heavy (non-hydrogen) atoms. The highest BCUT2D eigenvalue weighted by molar-refractivity contribution is 6.30. The minimum atomic E-state index is -0.817. The number of esters is 1. The third-order valence-electron chi connectivity index (χ3n) is 3.80. The number of anilines is 1. The Morgan fingerprint density at radius 3 is 2.59 bits per heavy atom. The Morgan fingerprint density at radius 1 is 1.24 bits per heavy atom. The van der Waals surface area contributed by atoms with Crippen LogP contribution >= 0.6 is 11.6 Å². The summed E-state index contributed by atoms with van der Waals surface area (Å²) >= 11 is 6.03. The van der Waals surface area contributed by atoms with Gasteiger partial charge in [-0.15, -0.1) is 0 Å². The SMILES string of the molecule is COC(=O)[C@H](CN(Cc1cccnc1)C(=O)OC(C)(C)C)Nc1cccc(Cl)c1. The number of ether oxygens (including phenoxy) is 2. The Balaban J connectivity index is 2.25. The average molecular weight is 420 g/mol. The van der Waals surface area contributed by atoms with E-state index in [2.05, 4.69) is 10.3 Å². The number of hydrogen-bond donors (Lipinski definition) is 1. The van der Waals surface area contributed by atoms with Gasteiger partial charge in [0, 0.05) is 23.1 Å². The highest BCUT2D eigenvalue weighted by Crippen LogP contribution is 2.18. The fourth-order valence-corrected chi connectivity index (χ4v) is 2.75. The highest BCUT2D eigenvalue weighted by Gasteiger charge is 2.28. The van der Waals surface area contributed by atoms with Crippen LogP contribution < -0.4 is 5.32 Å². The zero-order valence-corrected chi connectivity index (χ0v) is 17.8. The summed E-state index contributed by atoms with van der Waals surface area (Å²) in [7, 11) is 1.30. The number of aromatic nitrogens is 1. The molecule has 1 heterocycles. The molecule has 1 atom stereocenters. The fraction of sp³-hybridized carbons (Fsp3) is 0.381. The standard InChI is InChI=1S/C21H26ClN3O4/c1-21(2,3)29-20(27)25(13-15-7-6-10-23-12-15)14-18(19(26)28-4)24-17-9-5-8-16(22)11-17/h5-12,18,24H,13-14H2,1-4H3/t18-/m0/s1. The first-order chi connectivity index (χ1) is 13.7. The number of benzene rings is 1. The molecular formula is C21H26ClN3O4. The zero-order chi connectivity index (χ0) is 21.4. The maximum Gasteiger partial charge on any atom is 0.410 e. The lowest BCUT2D eigenvalue weighted by Crippen LogP contribution is -2.46. The van der Waals surface area contributed by atoms with Crippen molar-refractivity contribution in [2.45, 2.75) is 39.0 Å². The van der Waals surface area contributed by atoms with Crippen molar-refractivity contribution in [3.05, 3.63) is 59.4 Å². The number of nitrogens with zero attached hydrogens (tertiary/aromatic N) is 2. The van der Waals surface area contributed by atoms with Gasteiger partial charge in [-0.1, -0.05) is 23.7 Å². The molecule has 0 fully saturated rings. The third-order valence-corrected chi connectivity index (χ3v) is 4.04. The average Bonchev–Trinajstić information content (AvgIpc) is 2.65. The molecule has 0 saturated carbocycles. The van der Waals surface area contributed by atoms with Crippen molar-refractivity contribution >= 4 is 29.4 Å². The largest absolute Gasteiger partial charge is 0.467 e. The molecule has 0 aliphatic rings. The number of halogens is 1. The smallest absolute Gasteiger partial charge is 0.410 e. The monoisotopic (exact) mass is 419 g/mol. The van der Waals surface area contributed by atoms with E-state index < -0.39 is 23.7 Å². The van der Waals surface area contributed by atoms with Crippen LogP contribution in [-0.2, 0) is 20.8 Å². The van der Waals surface area contributed by atoms with Crippen LogP contribution in [0.25, 0.3) is 0 Å². The first-order valence-electron chi connectivity index (χ1n) is 9.14. The number of pyridine rings is 1. The van der Waals surface area contributed by atoms with Crippen molar-refractivity contribution in [2.75, 3.05) is 19.0 Å². The van der Waals surface area contributed by atoms with Crippen LogP contribution in [0.1, 0.15) is 26.3 Å². The first-order valence-corrected chi connectivity index (χ1v) is 9.52. The van der Waals surface area contributed by atoms with Gasteiger partial charge in [-0.2, -0.15) is 0 Å². The van der Waals surface area contributed by atoms with Gasteiger partial charge in [0.05, 0.1) is 20.2 Å². The minimum Gasteiger partial charge on any atom is -0.467 e. The van der Waals surface area contributed by atoms with Crippen LogP contribution in [0.5, 0.6) is 0 Å². The quantitative estimate of drug-likeness (QED) is 0.680. The summed E-state index contributed by atoms with van der Waals surface area (Å²) in [6.45, 7) is 5.62. The number of carbonyl (C=O) groups is 2. The van der Waals surface area contributed by atoms with Gasteiger partial charge < -0.3 is 19.7 Å². The van der Waals surface area contributed by atoms with Gasteiger partial charge in [0.25, 0.3) is 0 Å². The molecule has 0 bridgehead atoms.